The first-order valence-corrected chi connectivity index (χ1v) is 8.65. The molecule has 21 heavy (non-hydrogen) atoms. The van der Waals surface area contributed by atoms with E-state index in [1.54, 1.807) is 19.2 Å². The van der Waals surface area contributed by atoms with Crippen molar-refractivity contribution in [1.29, 1.82) is 0 Å². The van der Waals surface area contributed by atoms with Crippen molar-refractivity contribution in [3.05, 3.63) is 29.8 Å². The number of sulfonamides is 1. The first-order chi connectivity index (χ1) is 9.97. The molecule has 1 N–H and O–H groups in total. The minimum absolute atomic E-state index is 0.0536. The predicted octanol–water partition coefficient (Wildman–Crippen LogP) is 1.84. The molecule has 0 aliphatic heterocycles. The molecule has 0 aliphatic rings. The highest BCUT2D eigenvalue weighted by Gasteiger charge is 2.27. The third-order valence-electron chi connectivity index (χ3n) is 3.51. The Hall–Kier alpha value is -0.950. The number of rotatable bonds is 9. The molecule has 1 rings (SSSR count). The van der Waals surface area contributed by atoms with E-state index in [0.29, 0.717) is 18.0 Å². The van der Waals surface area contributed by atoms with Crippen molar-refractivity contribution >= 4 is 10.0 Å². The van der Waals surface area contributed by atoms with E-state index in [0.717, 1.165) is 18.5 Å². The van der Waals surface area contributed by atoms with Crippen LogP contribution < -0.4 is 5.32 Å². The summed E-state index contributed by atoms with van der Waals surface area (Å²) in [5.74, 6) is 0. The summed E-state index contributed by atoms with van der Waals surface area (Å²) in [5, 5.41) is 3.04. The van der Waals surface area contributed by atoms with E-state index < -0.39 is 10.0 Å². The lowest BCUT2D eigenvalue weighted by molar-refractivity contribution is 0.167. The van der Waals surface area contributed by atoms with Gasteiger partial charge in [-0.05, 0) is 38.1 Å². The second kappa shape index (κ2) is 8.48. The van der Waals surface area contributed by atoms with E-state index in [9.17, 15) is 8.42 Å². The average Bonchev–Trinajstić information content (AvgIpc) is 2.48. The maximum absolute atomic E-state index is 12.8. The van der Waals surface area contributed by atoms with Crippen LogP contribution in [-0.4, -0.2) is 46.1 Å². The molecule has 120 valence electrons. The van der Waals surface area contributed by atoms with E-state index in [1.807, 2.05) is 33.0 Å². The van der Waals surface area contributed by atoms with Crippen LogP contribution in [0.25, 0.3) is 0 Å². The molecule has 0 aromatic heterocycles. The SMILES string of the molecule is CCC(C)N(CCOC)S(=O)(=O)c1ccc(CNC)cc1. The summed E-state index contributed by atoms with van der Waals surface area (Å²) in [6, 6.07) is 6.97. The molecule has 0 heterocycles. The Kier molecular flexibility index (Phi) is 7.31. The van der Waals surface area contributed by atoms with Gasteiger partial charge in [-0.15, -0.1) is 0 Å². The molecule has 1 unspecified atom stereocenters. The smallest absolute Gasteiger partial charge is 0.243 e. The molecule has 1 atom stereocenters. The highest BCUT2D eigenvalue weighted by atomic mass is 32.2. The van der Waals surface area contributed by atoms with E-state index in [-0.39, 0.29) is 6.04 Å². The zero-order valence-electron chi connectivity index (χ0n) is 13.3. The van der Waals surface area contributed by atoms with Crippen molar-refractivity contribution in [1.82, 2.24) is 9.62 Å². The van der Waals surface area contributed by atoms with Gasteiger partial charge in [-0.3, -0.25) is 0 Å². The fourth-order valence-electron chi connectivity index (χ4n) is 2.08. The van der Waals surface area contributed by atoms with Crippen molar-refractivity contribution in [3.63, 3.8) is 0 Å². The Bertz CT molecular complexity index is 514. The van der Waals surface area contributed by atoms with Crippen molar-refractivity contribution in [2.24, 2.45) is 0 Å². The topological polar surface area (TPSA) is 58.6 Å². The van der Waals surface area contributed by atoms with Gasteiger partial charge in [-0.25, -0.2) is 8.42 Å². The molecule has 1 aromatic rings. The number of hydrogen-bond donors (Lipinski definition) is 1. The molecule has 1 aromatic carbocycles. The summed E-state index contributed by atoms with van der Waals surface area (Å²) in [5.41, 5.74) is 1.06. The summed E-state index contributed by atoms with van der Waals surface area (Å²) in [4.78, 5) is 0.332. The lowest BCUT2D eigenvalue weighted by Crippen LogP contribution is -2.40. The van der Waals surface area contributed by atoms with Crippen molar-refractivity contribution in [2.75, 3.05) is 27.3 Å². The van der Waals surface area contributed by atoms with Crippen LogP contribution in [0.15, 0.2) is 29.2 Å². The molecule has 0 fully saturated rings. The van der Waals surface area contributed by atoms with Gasteiger partial charge in [0, 0.05) is 26.2 Å². The summed E-state index contributed by atoms with van der Waals surface area (Å²) in [6.45, 7) is 5.38. The van der Waals surface area contributed by atoms with Gasteiger partial charge < -0.3 is 10.1 Å². The summed E-state index contributed by atoms with van der Waals surface area (Å²) in [7, 11) is -0.0449. The van der Waals surface area contributed by atoms with Gasteiger partial charge in [0.1, 0.15) is 0 Å². The van der Waals surface area contributed by atoms with Crippen molar-refractivity contribution < 1.29 is 13.2 Å². The quantitative estimate of drug-likeness (QED) is 0.755. The lowest BCUT2D eigenvalue weighted by atomic mass is 10.2. The Morgan fingerprint density at radius 3 is 2.38 bits per heavy atom. The molecule has 0 spiro atoms. The summed E-state index contributed by atoms with van der Waals surface area (Å²) < 4.78 is 32.1. The second-order valence-corrected chi connectivity index (χ2v) is 6.93. The third kappa shape index (κ3) is 4.78. The number of nitrogens with zero attached hydrogens (tertiary/aromatic N) is 1. The molecule has 0 saturated carbocycles. The average molecular weight is 314 g/mol. The Morgan fingerprint density at radius 2 is 1.90 bits per heavy atom. The Labute approximate surface area is 128 Å². The molecule has 0 saturated heterocycles. The molecule has 5 nitrogen and oxygen atoms in total. The minimum Gasteiger partial charge on any atom is -0.383 e. The number of benzene rings is 1. The monoisotopic (exact) mass is 314 g/mol. The second-order valence-electron chi connectivity index (χ2n) is 5.04. The molecule has 0 aliphatic carbocycles. The standard InChI is InChI=1S/C15H26N2O3S/c1-5-13(2)17(10-11-20-4)21(18,19)15-8-6-14(7-9-15)12-16-3/h6-9,13,16H,5,10-12H2,1-4H3. The highest BCUT2D eigenvalue weighted by molar-refractivity contribution is 7.89. The third-order valence-corrected chi connectivity index (χ3v) is 5.54. The van der Waals surface area contributed by atoms with E-state index in [2.05, 4.69) is 5.32 Å². The lowest BCUT2D eigenvalue weighted by Gasteiger charge is -2.27. The minimum atomic E-state index is -3.48. The summed E-state index contributed by atoms with van der Waals surface area (Å²) in [6.07, 6.45) is 0.765. The number of hydrogen-bond acceptors (Lipinski definition) is 4. The molecule has 0 radical (unpaired) electrons. The first kappa shape index (κ1) is 18.1. The molecular formula is C15H26N2O3S. The van der Waals surface area contributed by atoms with Crippen LogP contribution in [0.5, 0.6) is 0 Å². The molecule has 6 heteroatoms. The van der Waals surface area contributed by atoms with Crippen LogP contribution in [0.2, 0.25) is 0 Å². The van der Waals surface area contributed by atoms with Gasteiger partial charge >= 0.3 is 0 Å². The number of nitrogens with one attached hydrogen (secondary N) is 1. The Morgan fingerprint density at radius 1 is 1.29 bits per heavy atom. The van der Waals surface area contributed by atoms with Crippen LogP contribution in [0.4, 0.5) is 0 Å². The van der Waals surface area contributed by atoms with Crippen molar-refractivity contribution in [2.45, 2.75) is 37.8 Å². The summed E-state index contributed by atoms with van der Waals surface area (Å²) >= 11 is 0. The normalized spacial score (nSPS) is 13.6. The van der Waals surface area contributed by atoms with Crippen LogP contribution >= 0.6 is 0 Å². The maximum Gasteiger partial charge on any atom is 0.243 e. The van der Waals surface area contributed by atoms with Crippen molar-refractivity contribution in [3.8, 4) is 0 Å². The molecule has 0 amide bonds. The van der Waals surface area contributed by atoms with E-state index in [4.69, 9.17) is 4.74 Å². The molecular weight excluding hydrogens is 288 g/mol. The van der Waals surface area contributed by atoms with Gasteiger partial charge in [-0.2, -0.15) is 4.31 Å². The van der Waals surface area contributed by atoms with Gasteiger partial charge in [-0.1, -0.05) is 19.1 Å². The largest absolute Gasteiger partial charge is 0.383 e. The molecule has 0 bridgehead atoms. The van der Waals surface area contributed by atoms with E-state index in [1.165, 1.54) is 4.31 Å². The zero-order valence-corrected chi connectivity index (χ0v) is 14.1. The van der Waals surface area contributed by atoms with Gasteiger partial charge in [0.25, 0.3) is 0 Å². The fraction of sp³-hybridized carbons (Fsp3) is 0.600. The van der Waals surface area contributed by atoms with E-state index >= 15 is 0 Å². The van der Waals surface area contributed by atoms with Gasteiger partial charge in [0.05, 0.1) is 11.5 Å². The number of methoxy groups -OCH3 is 1. The first-order valence-electron chi connectivity index (χ1n) is 7.21. The maximum atomic E-state index is 12.8. The van der Waals surface area contributed by atoms with Crippen LogP contribution in [0.3, 0.4) is 0 Å². The predicted molar refractivity (Wildman–Crippen MR) is 84.7 cm³/mol. The number of ether oxygens (including phenoxy) is 1. The van der Waals surface area contributed by atoms with Crippen LogP contribution in [-0.2, 0) is 21.3 Å². The van der Waals surface area contributed by atoms with Crippen LogP contribution in [0.1, 0.15) is 25.8 Å². The van der Waals surface area contributed by atoms with Gasteiger partial charge in [0.2, 0.25) is 10.0 Å². The van der Waals surface area contributed by atoms with Crippen LogP contribution in [0, 0.1) is 0 Å². The fourth-order valence-corrected chi connectivity index (χ4v) is 3.77. The Balaban J connectivity index is 3.03. The zero-order chi connectivity index (χ0) is 15.9. The van der Waals surface area contributed by atoms with Gasteiger partial charge in [0.15, 0.2) is 0 Å². The highest BCUT2D eigenvalue weighted by Crippen LogP contribution is 2.20.